The Balaban J connectivity index is 2.40. The van der Waals surface area contributed by atoms with Gasteiger partial charge in [-0.1, -0.05) is 20.3 Å². The van der Waals surface area contributed by atoms with E-state index in [4.69, 9.17) is 11.6 Å². The minimum Gasteiger partial charge on any atom is -0.123 e. The highest BCUT2D eigenvalue weighted by Crippen LogP contribution is 2.34. The molecule has 0 N–H and O–H groups in total. The van der Waals surface area contributed by atoms with Crippen LogP contribution in [-0.2, 0) is 0 Å². The molecule has 9 heavy (non-hydrogen) atoms. The molecule has 0 heterocycles. The van der Waals surface area contributed by atoms with Gasteiger partial charge in [0.05, 0.1) is 0 Å². The van der Waals surface area contributed by atoms with Gasteiger partial charge in [0.15, 0.2) is 0 Å². The highest BCUT2D eigenvalue weighted by atomic mass is 35.5. The molecule has 0 aromatic carbocycles. The average Bonchev–Trinajstić information content (AvgIpc) is 2.13. The lowest BCUT2D eigenvalue weighted by atomic mass is 9.94. The minimum atomic E-state index is 0.477. The molecule has 2 atom stereocenters. The maximum absolute atomic E-state index is 6.07. The van der Waals surface area contributed by atoms with Crippen LogP contribution in [0.15, 0.2) is 0 Å². The number of rotatable bonds is 1. The molecule has 0 radical (unpaired) electrons. The highest BCUT2D eigenvalue weighted by molar-refractivity contribution is 6.20. The van der Waals surface area contributed by atoms with Crippen LogP contribution in [0.25, 0.3) is 0 Å². The Morgan fingerprint density at radius 3 is 2.22 bits per heavy atom. The highest BCUT2D eigenvalue weighted by Gasteiger charge is 2.27. The van der Waals surface area contributed by atoms with E-state index in [9.17, 15) is 0 Å². The van der Waals surface area contributed by atoms with E-state index in [1.165, 1.54) is 19.3 Å². The Morgan fingerprint density at radius 2 is 2.00 bits per heavy atom. The van der Waals surface area contributed by atoms with Crippen molar-refractivity contribution >= 4 is 11.6 Å². The molecule has 0 saturated heterocycles. The maximum Gasteiger partial charge on any atom is 0.0366 e. The van der Waals surface area contributed by atoms with Crippen molar-refractivity contribution in [3.63, 3.8) is 0 Å². The third-order valence-electron chi connectivity index (χ3n) is 2.34. The third-order valence-corrected chi connectivity index (χ3v) is 2.88. The van der Waals surface area contributed by atoms with Crippen molar-refractivity contribution in [2.75, 3.05) is 0 Å². The second-order valence-corrected chi connectivity index (χ2v) is 3.92. The predicted molar refractivity (Wildman–Crippen MR) is 41.8 cm³/mol. The van der Waals surface area contributed by atoms with Crippen molar-refractivity contribution in [2.45, 2.75) is 38.5 Å². The molecule has 1 saturated carbocycles. The summed E-state index contributed by atoms with van der Waals surface area (Å²) in [6.07, 6.45) is 3.94. The third kappa shape index (κ3) is 1.61. The molecule has 0 aromatic rings. The molecule has 54 valence electrons. The van der Waals surface area contributed by atoms with Gasteiger partial charge in [-0.3, -0.25) is 0 Å². The fourth-order valence-corrected chi connectivity index (χ4v) is 2.27. The molecule has 1 fully saturated rings. The molecule has 1 heteroatoms. The van der Waals surface area contributed by atoms with Gasteiger partial charge in [-0.05, 0) is 24.7 Å². The second kappa shape index (κ2) is 2.92. The maximum atomic E-state index is 6.07. The summed E-state index contributed by atoms with van der Waals surface area (Å²) in [5.74, 6) is 1.58. The lowest BCUT2D eigenvalue weighted by Gasteiger charge is -2.16. The Morgan fingerprint density at radius 1 is 1.33 bits per heavy atom. The Hall–Kier alpha value is 0.290. The van der Waals surface area contributed by atoms with E-state index < -0.39 is 0 Å². The van der Waals surface area contributed by atoms with E-state index in [1.807, 2.05) is 0 Å². The smallest absolute Gasteiger partial charge is 0.0366 e. The van der Waals surface area contributed by atoms with Gasteiger partial charge >= 0.3 is 0 Å². The summed E-state index contributed by atoms with van der Waals surface area (Å²) in [6, 6.07) is 0. The molecule has 1 rings (SSSR count). The van der Waals surface area contributed by atoms with Crippen molar-refractivity contribution in [3.8, 4) is 0 Å². The Labute approximate surface area is 62.6 Å². The van der Waals surface area contributed by atoms with Gasteiger partial charge in [0.25, 0.3) is 0 Å². The predicted octanol–water partition coefficient (Wildman–Crippen LogP) is 3.05. The van der Waals surface area contributed by atoms with Crippen LogP contribution < -0.4 is 0 Å². The SMILES string of the molecule is CC(C)[C@@H]1CCC[C@H]1Cl. The zero-order valence-electron chi connectivity index (χ0n) is 6.23. The fraction of sp³-hybridized carbons (Fsp3) is 1.00. The van der Waals surface area contributed by atoms with Crippen LogP contribution >= 0.6 is 11.6 Å². The van der Waals surface area contributed by atoms with Gasteiger partial charge in [-0.15, -0.1) is 11.6 Å². The van der Waals surface area contributed by atoms with Crippen molar-refractivity contribution < 1.29 is 0 Å². The van der Waals surface area contributed by atoms with Gasteiger partial charge in [0.2, 0.25) is 0 Å². The second-order valence-electron chi connectivity index (χ2n) is 3.35. The van der Waals surface area contributed by atoms with Gasteiger partial charge in [-0.25, -0.2) is 0 Å². The number of hydrogen-bond acceptors (Lipinski definition) is 0. The average molecular weight is 147 g/mol. The zero-order valence-corrected chi connectivity index (χ0v) is 6.99. The van der Waals surface area contributed by atoms with Crippen LogP contribution in [0.3, 0.4) is 0 Å². The lowest BCUT2D eigenvalue weighted by molar-refractivity contribution is 0.401. The summed E-state index contributed by atoms with van der Waals surface area (Å²) in [5.41, 5.74) is 0. The molecule has 0 amide bonds. The van der Waals surface area contributed by atoms with Gasteiger partial charge in [-0.2, -0.15) is 0 Å². The van der Waals surface area contributed by atoms with Crippen molar-refractivity contribution in [1.82, 2.24) is 0 Å². The molecule has 0 unspecified atom stereocenters. The molecular weight excluding hydrogens is 132 g/mol. The largest absolute Gasteiger partial charge is 0.123 e. The monoisotopic (exact) mass is 146 g/mol. The zero-order chi connectivity index (χ0) is 6.85. The lowest BCUT2D eigenvalue weighted by Crippen LogP contribution is -2.13. The molecule has 0 nitrogen and oxygen atoms in total. The first-order valence-electron chi connectivity index (χ1n) is 3.86. The van der Waals surface area contributed by atoms with E-state index in [1.54, 1.807) is 0 Å². The molecule has 0 bridgehead atoms. The molecule has 1 aliphatic carbocycles. The van der Waals surface area contributed by atoms with Crippen LogP contribution in [0.2, 0.25) is 0 Å². The summed E-state index contributed by atoms with van der Waals surface area (Å²) in [7, 11) is 0. The van der Waals surface area contributed by atoms with Crippen molar-refractivity contribution in [3.05, 3.63) is 0 Å². The van der Waals surface area contributed by atoms with E-state index in [0.717, 1.165) is 11.8 Å². The topological polar surface area (TPSA) is 0 Å². The van der Waals surface area contributed by atoms with E-state index >= 15 is 0 Å². The van der Waals surface area contributed by atoms with Crippen molar-refractivity contribution in [1.29, 1.82) is 0 Å². The summed E-state index contributed by atoms with van der Waals surface area (Å²) in [4.78, 5) is 0. The molecular formula is C8H15Cl. The van der Waals surface area contributed by atoms with Crippen LogP contribution in [0.5, 0.6) is 0 Å². The van der Waals surface area contributed by atoms with E-state index in [-0.39, 0.29) is 0 Å². The summed E-state index contributed by atoms with van der Waals surface area (Å²) >= 11 is 6.07. The quantitative estimate of drug-likeness (QED) is 0.499. The van der Waals surface area contributed by atoms with Gasteiger partial charge in [0.1, 0.15) is 0 Å². The number of hydrogen-bond donors (Lipinski definition) is 0. The van der Waals surface area contributed by atoms with Gasteiger partial charge in [0, 0.05) is 5.38 Å². The van der Waals surface area contributed by atoms with Crippen LogP contribution in [0.4, 0.5) is 0 Å². The summed E-state index contributed by atoms with van der Waals surface area (Å²) in [6.45, 7) is 4.54. The van der Waals surface area contributed by atoms with Crippen LogP contribution in [0, 0.1) is 11.8 Å². The molecule has 0 aromatic heterocycles. The van der Waals surface area contributed by atoms with E-state index in [0.29, 0.717) is 5.38 Å². The number of halogens is 1. The molecule has 0 aliphatic heterocycles. The normalized spacial score (nSPS) is 36.0. The standard InChI is InChI=1S/C8H15Cl/c1-6(2)7-4-3-5-8(7)9/h6-8H,3-5H2,1-2H3/t7-,8+/m0/s1. The van der Waals surface area contributed by atoms with E-state index in [2.05, 4.69) is 13.8 Å². The molecule has 1 aliphatic rings. The fourth-order valence-electron chi connectivity index (χ4n) is 1.69. The first-order valence-corrected chi connectivity index (χ1v) is 4.29. The summed E-state index contributed by atoms with van der Waals surface area (Å²) < 4.78 is 0. The first kappa shape index (κ1) is 7.40. The van der Waals surface area contributed by atoms with Crippen LogP contribution in [-0.4, -0.2) is 5.38 Å². The van der Waals surface area contributed by atoms with Gasteiger partial charge < -0.3 is 0 Å². The number of alkyl halides is 1. The summed E-state index contributed by atoms with van der Waals surface area (Å²) in [5, 5.41) is 0.477. The van der Waals surface area contributed by atoms with Crippen LogP contribution in [0.1, 0.15) is 33.1 Å². The van der Waals surface area contributed by atoms with Crippen molar-refractivity contribution in [2.24, 2.45) is 11.8 Å². The Bertz CT molecular complexity index is 88.6. The first-order chi connectivity index (χ1) is 4.22. The minimum absolute atomic E-state index is 0.477. The molecule has 0 spiro atoms. The Kier molecular flexibility index (Phi) is 2.40.